The normalized spacial score (nSPS) is 19.1. The van der Waals surface area contributed by atoms with Gasteiger partial charge in [0, 0.05) is 6.54 Å². The highest BCUT2D eigenvalue weighted by molar-refractivity contribution is 5.04. The molecule has 58 valence electrons. The van der Waals surface area contributed by atoms with Crippen LogP contribution < -0.4 is 5.32 Å². The van der Waals surface area contributed by atoms with Crippen molar-refractivity contribution in [3.8, 4) is 0 Å². The van der Waals surface area contributed by atoms with Crippen LogP contribution in [0.25, 0.3) is 0 Å². The second kappa shape index (κ2) is 4.47. The van der Waals surface area contributed by atoms with Crippen molar-refractivity contribution in [1.29, 1.82) is 0 Å². The Morgan fingerprint density at radius 3 is 2.80 bits per heavy atom. The van der Waals surface area contributed by atoms with Crippen molar-refractivity contribution in [2.24, 2.45) is 0 Å². The number of hydrogen-bond acceptors (Lipinski definition) is 2. The third-order valence-electron chi connectivity index (χ3n) is 1.73. The van der Waals surface area contributed by atoms with Crippen molar-refractivity contribution < 1.29 is 4.74 Å². The van der Waals surface area contributed by atoms with Gasteiger partial charge in [-0.25, -0.2) is 0 Å². The van der Waals surface area contributed by atoms with E-state index >= 15 is 0 Å². The zero-order chi connectivity index (χ0) is 7.23. The summed E-state index contributed by atoms with van der Waals surface area (Å²) in [5, 5.41) is 3.10. The molecule has 1 aliphatic rings. The van der Waals surface area contributed by atoms with Crippen LogP contribution in [0.3, 0.4) is 0 Å². The highest BCUT2D eigenvalue weighted by Gasteiger charge is 2.03. The van der Waals surface area contributed by atoms with Crippen LogP contribution in [0.4, 0.5) is 0 Å². The largest absolute Gasteiger partial charge is 0.381 e. The van der Waals surface area contributed by atoms with Gasteiger partial charge in [0.25, 0.3) is 0 Å². The van der Waals surface area contributed by atoms with Gasteiger partial charge in [0.2, 0.25) is 0 Å². The van der Waals surface area contributed by atoms with Crippen LogP contribution in [0.1, 0.15) is 12.8 Å². The van der Waals surface area contributed by atoms with Gasteiger partial charge >= 0.3 is 0 Å². The Morgan fingerprint density at radius 2 is 2.20 bits per heavy atom. The maximum Gasteiger partial charge on any atom is 0.0503 e. The van der Waals surface area contributed by atoms with Gasteiger partial charge in [0.05, 0.1) is 13.2 Å². The molecule has 10 heavy (non-hydrogen) atoms. The topological polar surface area (TPSA) is 21.3 Å². The SMILES string of the molecule is CNCC=C1CCOCC1. The summed E-state index contributed by atoms with van der Waals surface area (Å²) < 4.78 is 5.22. The molecule has 0 aliphatic carbocycles. The number of hydrogen-bond donors (Lipinski definition) is 1. The quantitative estimate of drug-likeness (QED) is 0.578. The summed E-state index contributed by atoms with van der Waals surface area (Å²) in [5.41, 5.74) is 1.54. The molecule has 1 aliphatic heterocycles. The van der Waals surface area contributed by atoms with Gasteiger partial charge in [0.1, 0.15) is 0 Å². The standard InChI is InChI=1S/C8H15NO/c1-9-5-2-8-3-6-10-7-4-8/h2,9H,3-7H2,1H3. The third-order valence-corrected chi connectivity index (χ3v) is 1.73. The molecular weight excluding hydrogens is 126 g/mol. The molecule has 0 aromatic rings. The summed E-state index contributed by atoms with van der Waals surface area (Å²) in [7, 11) is 1.97. The first kappa shape index (κ1) is 7.76. The molecule has 0 radical (unpaired) electrons. The van der Waals surface area contributed by atoms with Crippen molar-refractivity contribution in [1.82, 2.24) is 5.32 Å². The molecule has 2 nitrogen and oxygen atoms in total. The Morgan fingerprint density at radius 1 is 1.50 bits per heavy atom. The fourth-order valence-electron chi connectivity index (χ4n) is 1.08. The van der Waals surface area contributed by atoms with Gasteiger partial charge in [-0.05, 0) is 19.9 Å². The summed E-state index contributed by atoms with van der Waals surface area (Å²) in [5.74, 6) is 0. The summed E-state index contributed by atoms with van der Waals surface area (Å²) in [4.78, 5) is 0. The maximum absolute atomic E-state index is 5.22. The van der Waals surface area contributed by atoms with E-state index in [0.29, 0.717) is 0 Å². The number of likely N-dealkylation sites (N-methyl/N-ethyl adjacent to an activating group) is 1. The highest BCUT2D eigenvalue weighted by Crippen LogP contribution is 2.11. The molecule has 2 heteroatoms. The Bertz CT molecular complexity index is 112. The van der Waals surface area contributed by atoms with Gasteiger partial charge in [-0.15, -0.1) is 0 Å². The molecule has 0 aromatic carbocycles. The van der Waals surface area contributed by atoms with Crippen LogP contribution in [-0.2, 0) is 4.74 Å². The molecule has 1 fully saturated rings. The van der Waals surface area contributed by atoms with Crippen LogP contribution in [-0.4, -0.2) is 26.8 Å². The highest BCUT2D eigenvalue weighted by atomic mass is 16.5. The van der Waals surface area contributed by atoms with E-state index in [0.717, 1.165) is 32.6 Å². The van der Waals surface area contributed by atoms with E-state index < -0.39 is 0 Å². The lowest BCUT2D eigenvalue weighted by molar-refractivity contribution is 0.119. The molecule has 1 saturated heterocycles. The van der Waals surface area contributed by atoms with Gasteiger partial charge < -0.3 is 10.1 Å². The molecule has 0 spiro atoms. The first-order valence-corrected chi connectivity index (χ1v) is 3.83. The number of ether oxygens (including phenoxy) is 1. The lowest BCUT2D eigenvalue weighted by Gasteiger charge is -2.14. The van der Waals surface area contributed by atoms with Crippen LogP contribution in [0.15, 0.2) is 11.6 Å². The van der Waals surface area contributed by atoms with E-state index in [9.17, 15) is 0 Å². The second-order valence-corrected chi connectivity index (χ2v) is 2.53. The smallest absolute Gasteiger partial charge is 0.0503 e. The van der Waals surface area contributed by atoms with Crippen LogP contribution in [0.5, 0.6) is 0 Å². The molecule has 0 atom stereocenters. The zero-order valence-corrected chi connectivity index (χ0v) is 6.52. The fourth-order valence-corrected chi connectivity index (χ4v) is 1.08. The molecule has 1 rings (SSSR count). The predicted octanol–water partition coefficient (Wildman–Crippen LogP) is 0.943. The van der Waals surface area contributed by atoms with E-state index in [1.165, 1.54) is 0 Å². The van der Waals surface area contributed by atoms with Gasteiger partial charge in [0.15, 0.2) is 0 Å². The Labute approximate surface area is 62.3 Å². The minimum Gasteiger partial charge on any atom is -0.381 e. The van der Waals surface area contributed by atoms with Crippen LogP contribution >= 0.6 is 0 Å². The second-order valence-electron chi connectivity index (χ2n) is 2.53. The van der Waals surface area contributed by atoms with E-state index in [2.05, 4.69) is 11.4 Å². The van der Waals surface area contributed by atoms with Gasteiger partial charge in [-0.1, -0.05) is 11.6 Å². The maximum atomic E-state index is 5.22. The fraction of sp³-hybridized carbons (Fsp3) is 0.750. The van der Waals surface area contributed by atoms with Crippen molar-refractivity contribution in [2.45, 2.75) is 12.8 Å². The summed E-state index contributed by atoms with van der Waals surface area (Å²) >= 11 is 0. The molecule has 1 N–H and O–H groups in total. The summed E-state index contributed by atoms with van der Waals surface area (Å²) in [6.45, 7) is 2.82. The van der Waals surface area contributed by atoms with E-state index in [1.54, 1.807) is 5.57 Å². The Hall–Kier alpha value is -0.340. The molecule has 0 bridgehead atoms. The Balaban J connectivity index is 2.23. The average molecular weight is 141 g/mol. The minimum absolute atomic E-state index is 0.912. The Kier molecular flexibility index (Phi) is 3.47. The monoisotopic (exact) mass is 141 g/mol. The van der Waals surface area contributed by atoms with Gasteiger partial charge in [-0.3, -0.25) is 0 Å². The molecule has 0 aromatic heterocycles. The number of rotatable bonds is 2. The molecule has 0 unspecified atom stereocenters. The summed E-state index contributed by atoms with van der Waals surface area (Å²) in [6, 6.07) is 0. The van der Waals surface area contributed by atoms with E-state index in [-0.39, 0.29) is 0 Å². The third kappa shape index (κ3) is 2.50. The van der Waals surface area contributed by atoms with Gasteiger partial charge in [-0.2, -0.15) is 0 Å². The minimum atomic E-state index is 0.912. The van der Waals surface area contributed by atoms with Crippen molar-refractivity contribution in [3.63, 3.8) is 0 Å². The lowest BCUT2D eigenvalue weighted by atomic mass is 10.1. The number of nitrogens with one attached hydrogen (secondary N) is 1. The average Bonchev–Trinajstić information content (AvgIpc) is 2.03. The molecular formula is C8H15NO. The van der Waals surface area contributed by atoms with Crippen molar-refractivity contribution in [3.05, 3.63) is 11.6 Å². The van der Waals surface area contributed by atoms with Crippen molar-refractivity contribution in [2.75, 3.05) is 26.8 Å². The first-order chi connectivity index (χ1) is 4.93. The lowest BCUT2D eigenvalue weighted by Crippen LogP contribution is -2.10. The van der Waals surface area contributed by atoms with Crippen LogP contribution in [0.2, 0.25) is 0 Å². The first-order valence-electron chi connectivity index (χ1n) is 3.83. The van der Waals surface area contributed by atoms with Crippen molar-refractivity contribution >= 4 is 0 Å². The van der Waals surface area contributed by atoms with Crippen LogP contribution in [0, 0.1) is 0 Å². The van der Waals surface area contributed by atoms with E-state index in [4.69, 9.17) is 4.74 Å². The molecule has 0 amide bonds. The summed E-state index contributed by atoms with van der Waals surface area (Å²) in [6.07, 6.45) is 4.52. The molecule has 0 saturated carbocycles. The predicted molar refractivity (Wildman–Crippen MR) is 42.1 cm³/mol. The molecule has 1 heterocycles. The van der Waals surface area contributed by atoms with E-state index in [1.807, 2.05) is 7.05 Å². The zero-order valence-electron chi connectivity index (χ0n) is 6.52.